The third-order valence-electron chi connectivity index (χ3n) is 3.81. The molecule has 2 aromatic heterocycles. The summed E-state index contributed by atoms with van der Waals surface area (Å²) in [4.78, 5) is 16.6. The lowest BCUT2D eigenvalue weighted by Gasteiger charge is -2.19. The second-order valence-corrected chi connectivity index (χ2v) is 6.06. The number of halogens is 3. The molecule has 140 valence electrons. The fraction of sp³-hybridized carbons (Fsp3) is 0.263. The van der Waals surface area contributed by atoms with E-state index < -0.39 is 17.8 Å². The molecule has 2 heterocycles. The zero-order valence-electron chi connectivity index (χ0n) is 14.7. The Kier molecular flexibility index (Phi) is 5.34. The number of aromatic nitrogens is 4. The Morgan fingerprint density at radius 3 is 2.41 bits per heavy atom. The molecule has 0 aliphatic carbocycles. The smallest absolute Gasteiger partial charge is 0.416 e. The first-order valence-corrected chi connectivity index (χ1v) is 8.22. The Morgan fingerprint density at radius 2 is 1.78 bits per heavy atom. The Hall–Kier alpha value is -3.03. The lowest BCUT2D eigenvalue weighted by molar-refractivity contribution is -0.137. The summed E-state index contributed by atoms with van der Waals surface area (Å²) in [6.07, 6.45) is -0.366. The maximum atomic E-state index is 13.1. The number of hydrogen-bond acceptors (Lipinski definition) is 5. The first-order valence-electron chi connectivity index (χ1n) is 8.22. The molecule has 0 fully saturated rings. The molecule has 0 amide bonds. The number of alkyl halides is 3. The van der Waals surface area contributed by atoms with Gasteiger partial charge in [0.2, 0.25) is 0 Å². The van der Waals surface area contributed by atoms with E-state index in [1.807, 2.05) is 0 Å². The topological polar surface area (TPSA) is 60.8 Å². The molecule has 0 saturated carbocycles. The van der Waals surface area contributed by atoms with Crippen molar-refractivity contribution in [2.24, 2.45) is 0 Å². The normalized spacial score (nSPS) is 12.6. The van der Waals surface area contributed by atoms with Crippen molar-refractivity contribution in [2.45, 2.75) is 32.5 Å². The van der Waals surface area contributed by atoms with Gasteiger partial charge in [0.15, 0.2) is 0 Å². The Morgan fingerprint density at radius 1 is 1.04 bits per heavy atom. The predicted molar refractivity (Wildman–Crippen MR) is 92.1 cm³/mol. The van der Waals surface area contributed by atoms with Crippen LogP contribution in [0.4, 0.5) is 13.2 Å². The molecule has 0 aliphatic rings. The number of benzene rings is 1. The van der Waals surface area contributed by atoms with Crippen LogP contribution in [-0.4, -0.2) is 19.9 Å². The van der Waals surface area contributed by atoms with Gasteiger partial charge in [-0.25, -0.2) is 9.97 Å². The molecule has 1 aromatic carbocycles. The maximum absolute atomic E-state index is 13.1. The van der Waals surface area contributed by atoms with Crippen molar-refractivity contribution in [3.8, 4) is 6.01 Å². The van der Waals surface area contributed by atoms with Crippen LogP contribution in [0.3, 0.4) is 0 Å². The zero-order chi connectivity index (χ0) is 19.4. The number of rotatable bonds is 5. The van der Waals surface area contributed by atoms with E-state index in [1.165, 1.54) is 18.5 Å². The van der Waals surface area contributed by atoms with Crippen LogP contribution in [0, 0.1) is 13.8 Å². The van der Waals surface area contributed by atoms with Crippen LogP contribution in [0.15, 0.2) is 48.9 Å². The fourth-order valence-electron chi connectivity index (χ4n) is 2.64. The Labute approximate surface area is 154 Å². The molecule has 5 nitrogen and oxygen atoms in total. The van der Waals surface area contributed by atoms with Crippen LogP contribution in [0.25, 0.3) is 0 Å². The summed E-state index contributed by atoms with van der Waals surface area (Å²) in [5.74, 6) is 0. The second kappa shape index (κ2) is 7.69. The standard InChI is InChI=1S/C19H17F3N4O/c1-12-8-13(2)26-18(25-12)27-17(10-16-11-23-6-7-24-16)14-4-3-5-15(9-14)19(20,21)22/h3-9,11,17H,10H2,1-2H3. The Balaban J connectivity index is 1.97. The third kappa shape index (κ3) is 4.99. The van der Waals surface area contributed by atoms with Gasteiger partial charge in [0, 0.05) is 36.4 Å². The van der Waals surface area contributed by atoms with E-state index in [1.54, 1.807) is 32.2 Å². The number of hydrogen-bond donors (Lipinski definition) is 0. The predicted octanol–water partition coefficient (Wildman–Crippen LogP) is 4.27. The van der Waals surface area contributed by atoms with Crippen molar-refractivity contribution < 1.29 is 17.9 Å². The van der Waals surface area contributed by atoms with Crippen LogP contribution < -0.4 is 4.74 Å². The van der Waals surface area contributed by atoms with Gasteiger partial charge in [-0.15, -0.1) is 0 Å². The number of aryl methyl sites for hydroxylation is 2. The molecule has 8 heteroatoms. The van der Waals surface area contributed by atoms with Gasteiger partial charge >= 0.3 is 12.2 Å². The molecule has 0 saturated heterocycles. The molecule has 0 radical (unpaired) electrons. The molecule has 27 heavy (non-hydrogen) atoms. The van der Waals surface area contributed by atoms with Crippen molar-refractivity contribution in [2.75, 3.05) is 0 Å². The molecule has 0 bridgehead atoms. The van der Waals surface area contributed by atoms with E-state index in [-0.39, 0.29) is 12.4 Å². The van der Waals surface area contributed by atoms with Crippen LogP contribution in [0.1, 0.15) is 34.3 Å². The highest BCUT2D eigenvalue weighted by molar-refractivity contribution is 5.28. The van der Waals surface area contributed by atoms with Crippen molar-refractivity contribution in [1.29, 1.82) is 0 Å². The zero-order valence-corrected chi connectivity index (χ0v) is 14.7. The summed E-state index contributed by atoms with van der Waals surface area (Å²) in [5, 5.41) is 0. The molecule has 0 aliphatic heterocycles. The van der Waals surface area contributed by atoms with E-state index >= 15 is 0 Å². The quantitative estimate of drug-likeness (QED) is 0.668. The minimum absolute atomic E-state index is 0.110. The molecule has 0 N–H and O–H groups in total. The molecule has 1 atom stereocenters. The van der Waals surface area contributed by atoms with Crippen LogP contribution in [0.2, 0.25) is 0 Å². The summed E-state index contributed by atoms with van der Waals surface area (Å²) < 4.78 is 45.2. The van der Waals surface area contributed by atoms with Crippen molar-refractivity contribution in [3.63, 3.8) is 0 Å². The molecular formula is C19H17F3N4O. The van der Waals surface area contributed by atoms with Crippen LogP contribution in [-0.2, 0) is 12.6 Å². The highest BCUT2D eigenvalue weighted by atomic mass is 19.4. The Bertz CT molecular complexity index is 896. The molecule has 1 unspecified atom stereocenters. The van der Waals surface area contributed by atoms with Gasteiger partial charge in [0.25, 0.3) is 0 Å². The fourth-order valence-corrected chi connectivity index (χ4v) is 2.64. The monoisotopic (exact) mass is 374 g/mol. The molecular weight excluding hydrogens is 357 g/mol. The van der Waals surface area contributed by atoms with Gasteiger partial charge in [-0.05, 0) is 37.6 Å². The molecule has 3 rings (SSSR count). The van der Waals surface area contributed by atoms with Crippen LogP contribution >= 0.6 is 0 Å². The summed E-state index contributed by atoms with van der Waals surface area (Å²) in [6, 6.07) is 6.93. The first kappa shape index (κ1) is 18.8. The first-order chi connectivity index (χ1) is 12.8. The van der Waals surface area contributed by atoms with E-state index in [9.17, 15) is 13.2 Å². The average molecular weight is 374 g/mol. The molecule has 3 aromatic rings. The van der Waals surface area contributed by atoms with E-state index in [0.717, 1.165) is 12.1 Å². The largest absolute Gasteiger partial charge is 0.455 e. The third-order valence-corrected chi connectivity index (χ3v) is 3.81. The van der Waals surface area contributed by atoms with E-state index in [4.69, 9.17) is 4.74 Å². The van der Waals surface area contributed by atoms with Gasteiger partial charge in [-0.1, -0.05) is 12.1 Å². The molecule has 0 spiro atoms. The van der Waals surface area contributed by atoms with Crippen molar-refractivity contribution >= 4 is 0 Å². The maximum Gasteiger partial charge on any atom is 0.416 e. The summed E-state index contributed by atoms with van der Waals surface area (Å²) >= 11 is 0. The van der Waals surface area contributed by atoms with Gasteiger partial charge in [0.05, 0.1) is 11.3 Å². The second-order valence-electron chi connectivity index (χ2n) is 6.06. The number of ether oxygens (including phenoxy) is 1. The van der Waals surface area contributed by atoms with Gasteiger partial charge in [-0.3, -0.25) is 9.97 Å². The summed E-state index contributed by atoms with van der Waals surface area (Å²) in [7, 11) is 0. The highest BCUT2D eigenvalue weighted by Gasteiger charge is 2.31. The minimum Gasteiger partial charge on any atom is -0.455 e. The minimum atomic E-state index is -4.44. The lowest BCUT2D eigenvalue weighted by atomic mass is 10.0. The van der Waals surface area contributed by atoms with Gasteiger partial charge in [-0.2, -0.15) is 13.2 Å². The SMILES string of the molecule is Cc1cc(C)nc(OC(Cc2cnccn2)c2cccc(C(F)(F)F)c2)n1. The summed E-state index contributed by atoms with van der Waals surface area (Å²) in [6.45, 7) is 3.59. The van der Waals surface area contributed by atoms with Crippen molar-refractivity contribution in [1.82, 2.24) is 19.9 Å². The number of nitrogens with zero attached hydrogens (tertiary/aromatic N) is 4. The van der Waals surface area contributed by atoms with Gasteiger partial charge in [0.1, 0.15) is 6.10 Å². The average Bonchev–Trinajstić information content (AvgIpc) is 2.61. The van der Waals surface area contributed by atoms with E-state index in [2.05, 4.69) is 19.9 Å². The summed E-state index contributed by atoms with van der Waals surface area (Å²) in [5.41, 5.74) is 1.62. The van der Waals surface area contributed by atoms with E-state index in [0.29, 0.717) is 22.6 Å². The lowest BCUT2D eigenvalue weighted by Crippen LogP contribution is -2.15. The highest BCUT2D eigenvalue weighted by Crippen LogP contribution is 2.32. The van der Waals surface area contributed by atoms with Crippen LogP contribution in [0.5, 0.6) is 6.01 Å². The van der Waals surface area contributed by atoms with Gasteiger partial charge < -0.3 is 4.74 Å². The van der Waals surface area contributed by atoms with Crippen molar-refractivity contribution in [3.05, 3.63) is 77.1 Å².